The van der Waals surface area contributed by atoms with E-state index >= 15 is 0 Å². The van der Waals surface area contributed by atoms with E-state index in [2.05, 4.69) is 43.6 Å². The van der Waals surface area contributed by atoms with E-state index in [4.69, 9.17) is 18.9 Å². The number of hydrogen-bond donors (Lipinski definition) is 2. The molecule has 0 radical (unpaired) electrons. The maximum Gasteiger partial charge on any atom is 0.408 e. The van der Waals surface area contributed by atoms with Crippen LogP contribution in [0.3, 0.4) is 0 Å². The Bertz CT molecular complexity index is 704. The van der Waals surface area contributed by atoms with Crippen LogP contribution in [0.2, 0.25) is 0 Å². The molecule has 2 heterocycles. The quantitative estimate of drug-likeness (QED) is 0.446. The number of hydrogen-bond acceptors (Lipinski definition) is 6. The molecule has 2 N–H and O–H groups in total. The number of rotatable bonds is 8. The van der Waals surface area contributed by atoms with Crippen molar-refractivity contribution in [2.75, 3.05) is 20.8 Å². The first-order chi connectivity index (χ1) is 14.6. The van der Waals surface area contributed by atoms with E-state index in [1.807, 2.05) is 13.8 Å². The van der Waals surface area contributed by atoms with Gasteiger partial charge in [0.15, 0.2) is 0 Å². The molecule has 8 nitrogen and oxygen atoms in total. The molecule has 3 aliphatic rings. The fourth-order valence-corrected chi connectivity index (χ4v) is 4.93. The summed E-state index contributed by atoms with van der Waals surface area (Å²) in [6.07, 6.45) is 4.24. The van der Waals surface area contributed by atoms with Crippen LogP contribution in [-0.4, -0.2) is 68.3 Å². The molecule has 0 aromatic carbocycles. The van der Waals surface area contributed by atoms with Gasteiger partial charge in [0, 0.05) is 14.2 Å². The highest BCUT2D eigenvalue weighted by Crippen LogP contribution is 2.59. The maximum atomic E-state index is 12.7. The second-order valence-electron chi connectivity index (χ2n) is 9.85. The summed E-state index contributed by atoms with van der Waals surface area (Å²) in [6, 6.07) is -0.661. The largest absolute Gasteiger partial charge is 0.443 e. The molecule has 176 valence electrons. The molecule has 3 unspecified atom stereocenters. The SMILES string of the molecule is CNC(=O)C(NC(=O)O[C@@H]1CC[C@]2(CO2)C(C2(C)O[C@@H]2/C=C/C(C)C)[C@@H]1OC)C(C)C. The number of ether oxygens (including phenoxy) is 4. The van der Waals surface area contributed by atoms with E-state index < -0.39 is 23.8 Å². The third-order valence-electron chi connectivity index (χ3n) is 6.81. The highest BCUT2D eigenvalue weighted by Gasteiger charge is 2.72. The fourth-order valence-electron chi connectivity index (χ4n) is 4.93. The van der Waals surface area contributed by atoms with Crippen LogP contribution in [0.5, 0.6) is 0 Å². The monoisotopic (exact) mass is 438 g/mol. The third kappa shape index (κ3) is 4.91. The van der Waals surface area contributed by atoms with Gasteiger partial charge in [0.25, 0.3) is 0 Å². The summed E-state index contributed by atoms with van der Waals surface area (Å²) >= 11 is 0. The lowest BCUT2D eigenvalue weighted by Gasteiger charge is -2.42. The van der Waals surface area contributed by atoms with Gasteiger partial charge in [0.2, 0.25) is 5.91 Å². The Morgan fingerprint density at radius 1 is 1.23 bits per heavy atom. The number of carbonyl (C=O) groups excluding carboxylic acids is 2. The lowest BCUT2D eigenvalue weighted by atomic mass is 9.68. The van der Waals surface area contributed by atoms with E-state index in [9.17, 15) is 9.59 Å². The molecule has 1 aliphatic carbocycles. The van der Waals surface area contributed by atoms with Gasteiger partial charge in [-0.15, -0.1) is 0 Å². The number of alkyl carbamates (subject to hydrolysis) is 1. The van der Waals surface area contributed by atoms with Crippen molar-refractivity contribution in [3.05, 3.63) is 12.2 Å². The Balaban J connectivity index is 1.72. The van der Waals surface area contributed by atoms with E-state index in [0.29, 0.717) is 18.9 Å². The summed E-state index contributed by atoms with van der Waals surface area (Å²) in [5.74, 6) is 0.0670. The van der Waals surface area contributed by atoms with Crippen LogP contribution in [0.15, 0.2) is 12.2 Å². The molecular weight excluding hydrogens is 400 g/mol. The Kier molecular flexibility index (Phi) is 7.03. The van der Waals surface area contributed by atoms with Gasteiger partial charge in [-0.25, -0.2) is 4.79 Å². The van der Waals surface area contributed by atoms with E-state index in [1.165, 1.54) is 0 Å². The van der Waals surface area contributed by atoms with Crippen LogP contribution in [0, 0.1) is 17.8 Å². The zero-order chi connectivity index (χ0) is 23.0. The van der Waals surface area contributed by atoms with Crippen molar-refractivity contribution in [3.8, 4) is 0 Å². The first-order valence-corrected chi connectivity index (χ1v) is 11.3. The van der Waals surface area contributed by atoms with Gasteiger partial charge >= 0.3 is 6.09 Å². The molecule has 2 amide bonds. The van der Waals surface area contributed by atoms with E-state index in [-0.39, 0.29) is 35.6 Å². The number of epoxide rings is 2. The normalized spacial score (nSPS) is 37.8. The Labute approximate surface area is 185 Å². The van der Waals surface area contributed by atoms with Crippen molar-refractivity contribution in [1.82, 2.24) is 10.6 Å². The number of amides is 2. The van der Waals surface area contributed by atoms with Crippen molar-refractivity contribution in [2.45, 2.75) is 83.0 Å². The lowest BCUT2D eigenvalue weighted by molar-refractivity contribution is -0.125. The predicted octanol–water partition coefficient (Wildman–Crippen LogP) is 2.42. The molecule has 0 aromatic heterocycles. The van der Waals surface area contributed by atoms with Crippen LogP contribution in [0.4, 0.5) is 4.79 Å². The van der Waals surface area contributed by atoms with Crippen molar-refractivity contribution in [2.24, 2.45) is 17.8 Å². The minimum Gasteiger partial charge on any atom is -0.443 e. The minimum absolute atomic E-state index is 0.00947. The van der Waals surface area contributed by atoms with Crippen LogP contribution < -0.4 is 10.6 Å². The van der Waals surface area contributed by atoms with Crippen LogP contribution in [0.25, 0.3) is 0 Å². The number of likely N-dealkylation sites (N-methyl/N-ethyl adjacent to an activating group) is 1. The zero-order valence-corrected chi connectivity index (χ0v) is 19.8. The van der Waals surface area contributed by atoms with Crippen molar-refractivity contribution in [1.29, 1.82) is 0 Å². The molecule has 0 aromatic rings. The van der Waals surface area contributed by atoms with Crippen molar-refractivity contribution < 1.29 is 28.5 Å². The number of carbonyl (C=O) groups is 2. The summed E-state index contributed by atoms with van der Waals surface area (Å²) in [7, 11) is 3.19. The van der Waals surface area contributed by atoms with Gasteiger partial charge < -0.3 is 29.6 Å². The summed E-state index contributed by atoms with van der Waals surface area (Å²) in [6.45, 7) is 10.8. The minimum atomic E-state index is -0.661. The first-order valence-electron chi connectivity index (χ1n) is 11.3. The molecule has 7 atom stereocenters. The average molecular weight is 439 g/mol. The molecular formula is C23H38N2O6. The smallest absolute Gasteiger partial charge is 0.408 e. The number of methoxy groups -OCH3 is 1. The zero-order valence-electron chi connectivity index (χ0n) is 19.8. The van der Waals surface area contributed by atoms with E-state index in [1.54, 1.807) is 14.2 Å². The summed E-state index contributed by atoms with van der Waals surface area (Å²) < 4.78 is 23.7. The van der Waals surface area contributed by atoms with E-state index in [0.717, 1.165) is 6.42 Å². The first kappa shape index (κ1) is 24.0. The van der Waals surface area contributed by atoms with Gasteiger partial charge in [0.05, 0.1) is 12.5 Å². The van der Waals surface area contributed by atoms with Crippen molar-refractivity contribution >= 4 is 12.0 Å². The molecule has 2 saturated heterocycles. The summed E-state index contributed by atoms with van der Waals surface area (Å²) in [4.78, 5) is 24.7. The molecule has 8 heteroatoms. The van der Waals surface area contributed by atoms with Gasteiger partial charge in [0.1, 0.15) is 35.6 Å². The second kappa shape index (κ2) is 9.08. The third-order valence-corrected chi connectivity index (χ3v) is 6.81. The van der Waals surface area contributed by atoms with Gasteiger partial charge in [-0.1, -0.05) is 39.8 Å². The van der Waals surface area contributed by atoms with Gasteiger partial charge in [-0.2, -0.15) is 0 Å². The Morgan fingerprint density at radius 3 is 2.42 bits per heavy atom. The van der Waals surface area contributed by atoms with Gasteiger partial charge in [-0.3, -0.25) is 4.79 Å². The molecule has 3 rings (SSSR count). The average Bonchev–Trinajstić information content (AvgIpc) is 3.62. The molecule has 0 bridgehead atoms. The van der Waals surface area contributed by atoms with Gasteiger partial charge in [-0.05, 0) is 31.6 Å². The standard InChI is InChI=1S/C23H38N2O6/c1-13(2)8-9-16-22(5,31-16)19-18(28-7)15(10-11-23(19)12-29-23)30-21(27)25-17(14(3)4)20(26)24-6/h8-9,13-19H,10-12H2,1-7H3,(H,24,26)(H,25,27)/b9-8+/t15-,16-,17?,18-,19?,22?,23+/m1/s1. The number of allylic oxidation sites excluding steroid dienone is 1. The predicted molar refractivity (Wildman–Crippen MR) is 116 cm³/mol. The second-order valence-corrected chi connectivity index (χ2v) is 9.85. The maximum absolute atomic E-state index is 12.7. The molecule has 31 heavy (non-hydrogen) atoms. The lowest BCUT2D eigenvalue weighted by Crippen LogP contribution is -2.57. The molecule has 1 spiro atoms. The van der Waals surface area contributed by atoms with Crippen LogP contribution in [-0.2, 0) is 23.7 Å². The van der Waals surface area contributed by atoms with Crippen molar-refractivity contribution in [3.63, 3.8) is 0 Å². The summed E-state index contributed by atoms with van der Waals surface area (Å²) in [5.41, 5.74) is -0.710. The topological polar surface area (TPSA) is 102 Å². The molecule has 3 fully saturated rings. The summed E-state index contributed by atoms with van der Waals surface area (Å²) in [5, 5.41) is 5.28. The Hall–Kier alpha value is -1.64. The fraction of sp³-hybridized carbons (Fsp3) is 0.826. The van der Waals surface area contributed by atoms with Crippen LogP contribution in [0.1, 0.15) is 47.5 Å². The highest BCUT2D eigenvalue weighted by molar-refractivity contribution is 5.85. The Morgan fingerprint density at radius 2 is 1.90 bits per heavy atom. The molecule has 1 saturated carbocycles. The highest BCUT2D eigenvalue weighted by atomic mass is 16.6. The van der Waals surface area contributed by atoms with Crippen LogP contribution >= 0.6 is 0 Å². The number of nitrogens with one attached hydrogen (secondary N) is 2. The molecule has 2 aliphatic heterocycles.